The second-order valence-electron chi connectivity index (χ2n) is 29.4. The fourth-order valence-electron chi connectivity index (χ4n) is 13.6. The molecule has 87 heavy (non-hydrogen) atoms. The SMILES string of the molecule is CC(C)(C)c1cc2c(O)c(c1)Cc1cc(C(C)(C)C)cc3c1OCCN(Cc1c4ccccc4cc4ccccc14)CCCN(Cc1c4ccccc4cc4ccccc14)CCOc1c(cc(C(C)(C)C)cc1Cc1cc(C(C)(C)C)cc(c1O)C3)C2. The van der Waals surface area contributed by atoms with Gasteiger partial charge in [-0.15, -0.1) is 0 Å². The molecule has 0 aromatic heterocycles. The molecule has 0 radical (unpaired) electrons. The zero-order valence-electron chi connectivity index (χ0n) is 53.8. The van der Waals surface area contributed by atoms with E-state index in [1.165, 1.54) is 76.5 Å². The lowest BCUT2D eigenvalue weighted by molar-refractivity contribution is 0.171. The van der Waals surface area contributed by atoms with Crippen LogP contribution in [-0.4, -0.2) is 59.4 Å². The fraction of sp³-hybridized carbons (Fsp3) is 0.358. The third-order valence-electron chi connectivity index (χ3n) is 18.8. The average molecular weight is 1160 g/mol. The third-order valence-corrected chi connectivity index (χ3v) is 18.8. The molecular weight excluding hydrogens is 1060 g/mol. The maximum Gasteiger partial charge on any atom is 0.126 e. The topological polar surface area (TPSA) is 65.4 Å². The lowest BCUT2D eigenvalue weighted by atomic mass is 9.79. The molecule has 6 heteroatoms. The van der Waals surface area contributed by atoms with Crippen LogP contribution in [0.15, 0.2) is 158 Å². The number of phenolic OH excluding ortho intramolecular Hbond substituents is 2. The number of hydrogen-bond donors (Lipinski definition) is 2. The Balaban J connectivity index is 1.09. The van der Waals surface area contributed by atoms with Crippen LogP contribution in [-0.2, 0) is 60.4 Å². The van der Waals surface area contributed by atoms with E-state index in [0.29, 0.717) is 63.5 Å². The van der Waals surface area contributed by atoms with E-state index < -0.39 is 0 Å². The van der Waals surface area contributed by atoms with Crippen LogP contribution < -0.4 is 9.47 Å². The molecule has 2 aliphatic heterocycles. The van der Waals surface area contributed by atoms with Gasteiger partial charge in [0.15, 0.2) is 0 Å². The molecule has 13 rings (SSSR count). The molecule has 10 aromatic rings. The molecule has 2 heterocycles. The van der Waals surface area contributed by atoms with Crippen molar-refractivity contribution in [2.45, 2.75) is 150 Å². The van der Waals surface area contributed by atoms with Crippen molar-refractivity contribution >= 4 is 43.1 Å². The summed E-state index contributed by atoms with van der Waals surface area (Å²) in [4.78, 5) is 5.25. The van der Waals surface area contributed by atoms with Crippen molar-refractivity contribution in [3.63, 3.8) is 0 Å². The highest BCUT2D eigenvalue weighted by Gasteiger charge is 2.30. The van der Waals surface area contributed by atoms with Gasteiger partial charge in [0.1, 0.15) is 36.2 Å². The van der Waals surface area contributed by atoms with Crippen LogP contribution in [0.2, 0.25) is 0 Å². The van der Waals surface area contributed by atoms with E-state index in [0.717, 1.165) is 88.6 Å². The second kappa shape index (κ2) is 23.5. The van der Waals surface area contributed by atoms with Crippen LogP contribution in [0.25, 0.3) is 43.1 Å². The number of hydrogen-bond acceptors (Lipinski definition) is 6. The normalized spacial score (nSPS) is 15.4. The molecule has 10 aromatic carbocycles. The summed E-state index contributed by atoms with van der Waals surface area (Å²) in [5.41, 5.74) is 14.1. The number of fused-ring (bicyclic) bond motifs is 14. The van der Waals surface area contributed by atoms with Crippen molar-refractivity contribution in [3.8, 4) is 23.0 Å². The van der Waals surface area contributed by atoms with Crippen LogP contribution in [0.3, 0.4) is 0 Å². The predicted molar refractivity (Wildman–Crippen MR) is 364 cm³/mol. The van der Waals surface area contributed by atoms with Gasteiger partial charge >= 0.3 is 0 Å². The predicted octanol–water partition coefficient (Wildman–Crippen LogP) is 18.7. The molecule has 0 amide bonds. The van der Waals surface area contributed by atoms with E-state index in [1.807, 2.05) is 0 Å². The highest BCUT2D eigenvalue weighted by molar-refractivity contribution is 6.03. The number of aromatic hydroxyl groups is 2. The lowest BCUT2D eigenvalue weighted by Gasteiger charge is -2.30. The van der Waals surface area contributed by atoms with E-state index in [1.54, 1.807) is 0 Å². The van der Waals surface area contributed by atoms with Gasteiger partial charge in [0.25, 0.3) is 0 Å². The van der Waals surface area contributed by atoms with E-state index >= 15 is 0 Å². The molecule has 2 N–H and O–H groups in total. The molecule has 1 aliphatic carbocycles. The fourth-order valence-corrected chi connectivity index (χ4v) is 13.6. The number of nitrogens with zero attached hydrogens (tertiary/aromatic N) is 2. The quantitative estimate of drug-likeness (QED) is 0.171. The van der Waals surface area contributed by atoms with Crippen LogP contribution >= 0.6 is 0 Å². The molecule has 3 aliphatic rings. The minimum atomic E-state index is -0.218. The van der Waals surface area contributed by atoms with Crippen molar-refractivity contribution in [1.29, 1.82) is 0 Å². The first-order valence-corrected chi connectivity index (χ1v) is 31.9. The number of ether oxygens (including phenoxy) is 2. The van der Waals surface area contributed by atoms with Crippen molar-refractivity contribution in [2.24, 2.45) is 0 Å². The first-order valence-electron chi connectivity index (χ1n) is 31.9. The minimum Gasteiger partial charge on any atom is -0.507 e. The number of benzene rings is 10. The summed E-state index contributed by atoms with van der Waals surface area (Å²) in [6.45, 7) is 32.7. The maximum atomic E-state index is 13.1. The zero-order valence-corrected chi connectivity index (χ0v) is 53.8. The second-order valence-corrected chi connectivity index (χ2v) is 29.4. The van der Waals surface area contributed by atoms with Crippen LogP contribution in [0, 0.1) is 0 Å². The summed E-state index contributed by atoms with van der Waals surface area (Å²) < 4.78 is 15.0. The number of rotatable bonds is 4. The first-order chi connectivity index (χ1) is 41.4. The van der Waals surface area contributed by atoms with E-state index in [-0.39, 0.29) is 21.7 Å². The van der Waals surface area contributed by atoms with Crippen LogP contribution in [0.1, 0.15) is 167 Å². The van der Waals surface area contributed by atoms with Gasteiger partial charge in [0, 0.05) is 51.9 Å². The molecule has 0 unspecified atom stereocenters. The molecule has 10 bridgehead atoms. The van der Waals surface area contributed by atoms with Gasteiger partial charge in [-0.2, -0.15) is 0 Å². The Morgan fingerprint density at radius 2 is 0.586 bits per heavy atom. The van der Waals surface area contributed by atoms with Crippen LogP contribution in [0.5, 0.6) is 23.0 Å². The average Bonchev–Trinajstić information content (AvgIpc) is 1.67. The molecule has 0 saturated heterocycles. The van der Waals surface area contributed by atoms with Gasteiger partial charge in [-0.1, -0.05) is 229 Å². The van der Waals surface area contributed by atoms with Crippen molar-refractivity contribution < 1.29 is 19.7 Å². The summed E-state index contributed by atoms with van der Waals surface area (Å²) in [5, 5.41) is 36.3. The molecular formula is C81H90N2O4. The first kappa shape index (κ1) is 59.7. The third kappa shape index (κ3) is 12.6. The standard InChI is InChI=1S/C81H90N2O4/c1-78(2,3)64-42-56-38-60-46-66(80(7,8)9)48-62-40-58-44-65(79(4,5)6)45-59(75(58)85)41-63-49-67(81(10,11)12)47-61(39-57(43-64)74(56)84)77(63)87-35-33-83(51-73-70-28-19-15-24-54(70)37-55-25-16-20-29-71(55)73)31-21-30-82(32-34-86-76(60)62)50-72-68-26-17-13-22-52(68)36-53-23-14-18-27-69(53)72/h13-20,22-29,36-37,42-49,84-85H,21,30-35,38-41,50-51H2,1-12H3. The van der Waals surface area contributed by atoms with Crippen molar-refractivity contribution in [1.82, 2.24) is 9.80 Å². The Morgan fingerprint density at radius 3 is 0.851 bits per heavy atom. The smallest absolute Gasteiger partial charge is 0.126 e. The van der Waals surface area contributed by atoms with Gasteiger partial charge in [-0.25, -0.2) is 0 Å². The largest absolute Gasteiger partial charge is 0.507 e. The molecule has 0 fully saturated rings. The molecule has 448 valence electrons. The van der Waals surface area contributed by atoms with Gasteiger partial charge in [-0.05, 0) is 174 Å². The highest BCUT2D eigenvalue weighted by atomic mass is 16.5. The summed E-state index contributed by atoms with van der Waals surface area (Å²) in [5.74, 6) is 2.28. The summed E-state index contributed by atoms with van der Waals surface area (Å²) in [6.07, 6.45) is 2.75. The van der Waals surface area contributed by atoms with Gasteiger partial charge < -0.3 is 19.7 Å². The van der Waals surface area contributed by atoms with Crippen LogP contribution in [0.4, 0.5) is 0 Å². The maximum absolute atomic E-state index is 13.1. The molecule has 0 saturated carbocycles. The van der Waals surface area contributed by atoms with E-state index in [4.69, 9.17) is 9.47 Å². The minimum absolute atomic E-state index is 0.217. The Hall–Kier alpha value is -7.64. The Labute approximate surface area is 517 Å². The van der Waals surface area contributed by atoms with Crippen molar-refractivity contribution in [2.75, 3.05) is 39.4 Å². The monoisotopic (exact) mass is 1150 g/mol. The number of phenols is 2. The summed E-state index contributed by atoms with van der Waals surface area (Å²) in [7, 11) is 0. The Bertz CT molecular complexity index is 3760. The molecule has 6 nitrogen and oxygen atoms in total. The van der Waals surface area contributed by atoms with Crippen molar-refractivity contribution in [3.05, 3.63) is 236 Å². The van der Waals surface area contributed by atoms with E-state index in [2.05, 4.69) is 251 Å². The highest BCUT2D eigenvalue weighted by Crippen LogP contribution is 2.45. The molecule has 0 atom stereocenters. The Kier molecular flexibility index (Phi) is 16.1. The Morgan fingerprint density at radius 1 is 0.333 bits per heavy atom. The van der Waals surface area contributed by atoms with Gasteiger partial charge in [0.2, 0.25) is 0 Å². The van der Waals surface area contributed by atoms with Gasteiger partial charge in [-0.3, -0.25) is 9.80 Å². The molecule has 0 spiro atoms. The van der Waals surface area contributed by atoms with E-state index in [9.17, 15) is 10.2 Å². The summed E-state index contributed by atoms with van der Waals surface area (Å²) >= 11 is 0. The zero-order chi connectivity index (χ0) is 61.2. The van der Waals surface area contributed by atoms with Gasteiger partial charge in [0.05, 0.1) is 0 Å². The lowest BCUT2D eigenvalue weighted by Crippen LogP contribution is -2.34. The summed E-state index contributed by atoms with van der Waals surface area (Å²) in [6, 6.07) is 58.5.